The van der Waals surface area contributed by atoms with Crippen molar-refractivity contribution in [3.05, 3.63) is 35.0 Å². The Morgan fingerprint density at radius 3 is 2.93 bits per heavy atom. The highest BCUT2D eigenvalue weighted by Crippen LogP contribution is 2.24. The van der Waals surface area contributed by atoms with Gasteiger partial charge in [-0.1, -0.05) is 33.6 Å². The van der Waals surface area contributed by atoms with Crippen molar-refractivity contribution >= 4 is 44.2 Å². The Morgan fingerprint density at radius 2 is 2.27 bits per heavy atom. The van der Waals surface area contributed by atoms with E-state index in [1.807, 2.05) is 29.9 Å². The van der Waals surface area contributed by atoms with Crippen LogP contribution in [0.25, 0.3) is 10.9 Å². The molecule has 0 saturated heterocycles. The third-order valence-electron chi connectivity index (χ3n) is 2.37. The molecule has 1 aromatic heterocycles. The molecule has 0 aliphatic heterocycles. The van der Waals surface area contributed by atoms with E-state index in [0.29, 0.717) is 10.4 Å². The molecule has 78 valence electrons. The first-order chi connectivity index (χ1) is 7.13. The number of hydrogen-bond donors (Lipinski definition) is 0. The predicted molar refractivity (Wildman–Crippen MR) is 66.1 cm³/mol. The minimum Gasteiger partial charge on any atom is -0.350 e. The number of benzene rings is 1. The van der Waals surface area contributed by atoms with Gasteiger partial charge in [-0.05, 0) is 12.1 Å². The summed E-state index contributed by atoms with van der Waals surface area (Å²) in [5, 5.41) is 1.97. The molecule has 0 atom stereocenters. The summed E-state index contributed by atoms with van der Waals surface area (Å²) in [6.45, 7) is 0. The zero-order valence-electron chi connectivity index (χ0n) is 8.13. The quantitative estimate of drug-likeness (QED) is 0.612. The number of halogens is 2. The Morgan fingerprint density at radius 1 is 1.53 bits per heavy atom. The fourth-order valence-electron chi connectivity index (χ4n) is 1.65. The number of aromatic nitrogens is 1. The lowest BCUT2D eigenvalue weighted by Gasteiger charge is -1.96. The van der Waals surface area contributed by atoms with Crippen LogP contribution in [-0.4, -0.2) is 15.7 Å². The van der Waals surface area contributed by atoms with Gasteiger partial charge in [0.15, 0.2) is 5.78 Å². The molecule has 1 heterocycles. The van der Waals surface area contributed by atoms with Crippen LogP contribution in [-0.2, 0) is 7.05 Å². The monoisotopic (exact) mass is 285 g/mol. The third-order valence-corrected chi connectivity index (χ3v) is 3.12. The fourth-order valence-corrected chi connectivity index (χ4v) is 2.12. The molecule has 0 unspecified atom stereocenters. The maximum atomic E-state index is 11.6. The van der Waals surface area contributed by atoms with E-state index in [9.17, 15) is 4.79 Å². The Labute approximate surface area is 101 Å². The number of nitrogens with zero attached hydrogens (tertiary/aromatic N) is 1. The third kappa shape index (κ3) is 1.82. The number of rotatable bonds is 2. The molecule has 15 heavy (non-hydrogen) atoms. The molecule has 0 amide bonds. The van der Waals surface area contributed by atoms with E-state index in [0.717, 1.165) is 16.5 Å². The van der Waals surface area contributed by atoms with Crippen molar-refractivity contribution in [1.82, 2.24) is 4.57 Å². The molecule has 0 radical (unpaired) electrons. The number of ketones is 1. The molecule has 2 aromatic rings. The number of Topliss-reactive ketones (excluding diaryl/α,β-unsaturated/α-hetero) is 1. The van der Waals surface area contributed by atoms with E-state index in [1.165, 1.54) is 0 Å². The molecular formula is C11H9BrClNO. The van der Waals surface area contributed by atoms with Gasteiger partial charge < -0.3 is 4.57 Å². The Bertz CT molecular complexity index is 533. The molecular weight excluding hydrogens is 277 g/mol. The van der Waals surface area contributed by atoms with Crippen LogP contribution in [0.2, 0.25) is 5.02 Å². The van der Waals surface area contributed by atoms with Gasteiger partial charge in [0.25, 0.3) is 0 Å². The van der Waals surface area contributed by atoms with Gasteiger partial charge in [0.1, 0.15) is 0 Å². The van der Waals surface area contributed by atoms with Gasteiger partial charge in [0, 0.05) is 34.7 Å². The number of fused-ring (bicyclic) bond motifs is 1. The smallest absolute Gasteiger partial charge is 0.175 e. The molecule has 0 bridgehead atoms. The number of carbonyl (C=O) groups excluding carboxylic acids is 1. The van der Waals surface area contributed by atoms with Crippen molar-refractivity contribution in [2.45, 2.75) is 0 Å². The number of alkyl halides is 1. The summed E-state index contributed by atoms with van der Waals surface area (Å²) >= 11 is 9.08. The van der Waals surface area contributed by atoms with Crippen molar-refractivity contribution in [3.8, 4) is 0 Å². The Hall–Kier alpha value is -0.800. The molecule has 2 rings (SSSR count). The molecule has 0 saturated carbocycles. The average Bonchev–Trinajstić information content (AvgIpc) is 2.55. The fraction of sp³-hybridized carbons (Fsp3) is 0.182. The highest BCUT2D eigenvalue weighted by atomic mass is 79.9. The first-order valence-corrected chi connectivity index (χ1v) is 5.97. The number of hydrogen-bond acceptors (Lipinski definition) is 1. The molecule has 0 N–H and O–H groups in total. The van der Waals surface area contributed by atoms with E-state index in [1.54, 1.807) is 6.07 Å². The van der Waals surface area contributed by atoms with Gasteiger partial charge in [-0.3, -0.25) is 4.79 Å². The van der Waals surface area contributed by atoms with Gasteiger partial charge in [0.2, 0.25) is 0 Å². The molecule has 4 heteroatoms. The van der Waals surface area contributed by atoms with Crippen molar-refractivity contribution in [1.29, 1.82) is 0 Å². The summed E-state index contributed by atoms with van der Waals surface area (Å²) in [6, 6.07) is 5.55. The zero-order valence-corrected chi connectivity index (χ0v) is 10.5. The Kier molecular flexibility index (Phi) is 2.85. The average molecular weight is 287 g/mol. The molecule has 0 aliphatic rings. The van der Waals surface area contributed by atoms with Gasteiger partial charge >= 0.3 is 0 Å². The summed E-state index contributed by atoms with van der Waals surface area (Å²) in [6.07, 6.45) is 1.84. The zero-order chi connectivity index (χ0) is 11.0. The van der Waals surface area contributed by atoms with Crippen LogP contribution in [0.4, 0.5) is 0 Å². The highest BCUT2D eigenvalue weighted by Gasteiger charge is 2.12. The van der Waals surface area contributed by atoms with Crippen molar-refractivity contribution in [2.75, 3.05) is 5.33 Å². The summed E-state index contributed by atoms with van der Waals surface area (Å²) in [7, 11) is 1.91. The van der Waals surface area contributed by atoms with Crippen molar-refractivity contribution < 1.29 is 4.79 Å². The second-order valence-electron chi connectivity index (χ2n) is 3.37. The highest BCUT2D eigenvalue weighted by molar-refractivity contribution is 9.09. The second kappa shape index (κ2) is 3.99. The molecule has 0 fully saturated rings. The van der Waals surface area contributed by atoms with Crippen LogP contribution >= 0.6 is 27.5 Å². The van der Waals surface area contributed by atoms with Crippen LogP contribution in [0.5, 0.6) is 0 Å². The first-order valence-electron chi connectivity index (χ1n) is 4.47. The number of aryl methyl sites for hydroxylation is 1. The molecule has 0 aliphatic carbocycles. The first kappa shape index (κ1) is 10.7. The summed E-state index contributed by atoms with van der Waals surface area (Å²) in [5.41, 5.74) is 1.72. The van der Waals surface area contributed by atoms with Crippen LogP contribution in [0, 0.1) is 0 Å². The second-order valence-corrected chi connectivity index (χ2v) is 4.37. The van der Waals surface area contributed by atoms with Crippen molar-refractivity contribution in [2.24, 2.45) is 7.05 Å². The standard InChI is InChI=1S/C11H9BrClNO/c1-14-6-9(11(15)5-12)8-3-2-7(13)4-10(8)14/h2-4,6H,5H2,1H3. The minimum absolute atomic E-state index is 0.0860. The number of carbonyl (C=O) groups is 1. The van der Waals surface area contributed by atoms with E-state index in [4.69, 9.17) is 11.6 Å². The van der Waals surface area contributed by atoms with Gasteiger partial charge in [-0.2, -0.15) is 0 Å². The van der Waals surface area contributed by atoms with E-state index < -0.39 is 0 Å². The minimum atomic E-state index is 0.0860. The maximum absolute atomic E-state index is 11.6. The lowest BCUT2D eigenvalue weighted by atomic mass is 10.1. The van der Waals surface area contributed by atoms with E-state index in [2.05, 4.69) is 15.9 Å². The maximum Gasteiger partial charge on any atom is 0.175 e. The van der Waals surface area contributed by atoms with Crippen LogP contribution in [0.3, 0.4) is 0 Å². The van der Waals surface area contributed by atoms with Crippen molar-refractivity contribution in [3.63, 3.8) is 0 Å². The summed E-state index contributed by atoms with van der Waals surface area (Å²) in [5.74, 6) is 0.0860. The SMILES string of the molecule is Cn1cc(C(=O)CBr)c2ccc(Cl)cc21. The van der Waals surface area contributed by atoms with Crippen LogP contribution < -0.4 is 0 Å². The summed E-state index contributed by atoms with van der Waals surface area (Å²) < 4.78 is 1.91. The van der Waals surface area contributed by atoms with Crippen LogP contribution in [0.15, 0.2) is 24.4 Å². The van der Waals surface area contributed by atoms with E-state index in [-0.39, 0.29) is 5.78 Å². The molecule has 0 spiro atoms. The topological polar surface area (TPSA) is 22.0 Å². The largest absolute Gasteiger partial charge is 0.350 e. The normalized spacial score (nSPS) is 10.9. The van der Waals surface area contributed by atoms with Gasteiger partial charge in [-0.15, -0.1) is 0 Å². The van der Waals surface area contributed by atoms with E-state index >= 15 is 0 Å². The van der Waals surface area contributed by atoms with Gasteiger partial charge in [0.05, 0.1) is 5.33 Å². The van der Waals surface area contributed by atoms with Gasteiger partial charge in [-0.25, -0.2) is 0 Å². The lowest BCUT2D eigenvalue weighted by molar-refractivity contribution is 0.102. The van der Waals surface area contributed by atoms with Crippen LogP contribution in [0.1, 0.15) is 10.4 Å². The lowest BCUT2D eigenvalue weighted by Crippen LogP contribution is -1.98. The summed E-state index contributed by atoms with van der Waals surface area (Å²) in [4.78, 5) is 11.6. The molecule has 2 nitrogen and oxygen atoms in total. The predicted octanol–water partition coefficient (Wildman–Crippen LogP) is 3.41. The molecule has 1 aromatic carbocycles. The Balaban J connectivity index is 2.73.